The minimum atomic E-state index is 0.199. The third kappa shape index (κ3) is 10.4. The third-order valence-electron chi connectivity index (χ3n) is 6.74. The van der Waals surface area contributed by atoms with Crippen molar-refractivity contribution in [3.05, 3.63) is 71.8 Å². The van der Waals surface area contributed by atoms with Crippen LogP contribution < -0.4 is 0 Å². The molecule has 0 aliphatic heterocycles. The molecule has 0 radical (unpaired) electrons. The van der Waals surface area contributed by atoms with Gasteiger partial charge in [0.2, 0.25) is 0 Å². The molecule has 0 aliphatic rings. The zero-order valence-electron chi connectivity index (χ0n) is 23.1. The number of rotatable bonds is 19. The molecule has 0 atom stereocenters. The van der Waals surface area contributed by atoms with Crippen LogP contribution in [0.2, 0.25) is 0 Å². The topological polar surface area (TPSA) is 76.5 Å². The molecule has 0 saturated carbocycles. The second-order valence-electron chi connectivity index (χ2n) is 10.0. The highest BCUT2D eigenvalue weighted by atomic mass is 16.3. The molecular weight excluding hydrogens is 462 g/mol. The van der Waals surface area contributed by atoms with Crippen molar-refractivity contribution in [2.45, 2.75) is 65.7 Å². The molecule has 0 bridgehead atoms. The summed E-state index contributed by atoms with van der Waals surface area (Å²) in [6.45, 7) is 13.2. The van der Waals surface area contributed by atoms with Crippen molar-refractivity contribution in [2.75, 3.05) is 39.3 Å². The summed E-state index contributed by atoms with van der Waals surface area (Å²) in [6.07, 6.45) is 12.3. The number of aryl methyl sites for hydroxylation is 1. The molecule has 3 rings (SSSR count). The van der Waals surface area contributed by atoms with Crippen molar-refractivity contribution in [2.24, 2.45) is 7.05 Å². The Labute approximate surface area is 223 Å². The van der Waals surface area contributed by atoms with Crippen LogP contribution in [0.5, 0.6) is 0 Å². The molecule has 0 fully saturated rings. The summed E-state index contributed by atoms with van der Waals surface area (Å²) in [5.74, 6) is 1.99. The Kier molecular flexibility index (Phi) is 12.8. The van der Waals surface area contributed by atoms with Crippen LogP contribution >= 0.6 is 0 Å². The molecule has 204 valence electrons. The zero-order valence-corrected chi connectivity index (χ0v) is 23.1. The maximum Gasteiger partial charge on any atom is 0.122 e. The van der Waals surface area contributed by atoms with E-state index in [0.717, 1.165) is 57.3 Å². The number of aromatic nitrogens is 4. The fourth-order valence-electron chi connectivity index (χ4n) is 4.83. The number of aromatic amines is 1. The molecule has 0 amide bonds. The third-order valence-corrected chi connectivity index (χ3v) is 6.74. The van der Waals surface area contributed by atoms with Gasteiger partial charge in [-0.1, -0.05) is 38.1 Å². The first kappa shape index (κ1) is 29.0. The van der Waals surface area contributed by atoms with E-state index in [2.05, 4.69) is 72.3 Å². The Balaban J connectivity index is 1.52. The van der Waals surface area contributed by atoms with Gasteiger partial charge in [-0.15, -0.1) is 0 Å². The van der Waals surface area contributed by atoms with Gasteiger partial charge >= 0.3 is 0 Å². The predicted molar refractivity (Wildman–Crippen MR) is 150 cm³/mol. The molecule has 1 aromatic carbocycles. The fraction of sp³-hybridized carbons (Fsp3) is 0.586. The van der Waals surface area contributed by atoms with E-state index in [1.165, 1.54) is 50.0 Å². The summed E-state index contributed by atoms with van der Waals surface area (Å²) < 4.78 is 2.07. The second-order valence-corrected chi connectivity index (χ2v) is 10.0. The van der Waals surface area contributed by atoms with Crippen LogP contribution in [0.1, 0.15) is 62.3 Å². The standard InChI is InChI=1S/C29H47N7O/c1-4-15-34(16-5-2)17-6-7-18-35(20-21-37)22-26-8-10-27(11-9-26)23-36(24-28-30-12-13-31-28)25-29-32-14-19-33(29)3/h8-14,19,37H,4-7,15-18,20-25H2,1-3H3,(H,30,31). The van der Waals surface area contributed by atoms with Crippen LogP contribution in [0.3, 0.4) is 0 Å². The first-order valence-corrected chi connectivity index (χ1v) is 13.9. The van der Waals surface area contributed by atoms with Gasteiger partial charge in [0, 0.05) is 51.5 Å². The van der Waals surface area contributed by atoms with E-state index in [-0.39, 0.29) is 6.61 Å². The van der Waals surface area contributed by atoms with Crippen molar-refractivity contribution in [1.29, 1.82) is 0 Å². The Morgan fingerprint density at radius 2 is 1.41 bits per heavy atom. The lowest BCUT2D eigenvalue weighted by atomic mass is 10.1. The van der Waals surface area contributed by atoms with Crippen LogP contribution in [0.25, 0.3) is 0 Å². The van der Waals surface area contributed by atoms with Crippen LogP contribution in [0.15, 0.2) is 49.1 Å². The molecule has 0 unspecified atom stereocenters. The molecule has 8 nitrogen and oxygen atoms in total. The van der Waals surface area contributed by atoms with Gasteiger partial charge in [-0.3, -0.25) is 9.80 Å². The summed E-state index contributed by atoms with van der Waals surface area (Å²) in [7, 11) is 2.03. The molecule has 3 aromatic rings. The Bertz CT molecular complexity index is 965. The number of hydrogen-bond acceptors (Lipinski definition) is 6. The summed E-state index contributed by atoms with van der Waals surface area (Å²) in [5, 5.41) is 9.60. The fourth-order valence-corrected chi connectivity index (χ4v) is 4.83. The van der Waals surface area contributed by atoms with Gasteiger partial charge in [0.1, 0.15) is 11.6 Å². The van der Waals surface area contributed by atoms with E-state index >= 15 is 0 Å². The number of benzene rings is 1. The average Bonchev–Trinajstić information content (AvgIpc) is 3.55. The molecule has 2 heterocycles. The van der Waals surface area contributed by atoms with Crippen molar-refractivity contribution in [1.82, 2.24) is 34.2 Å². The number of nitrogens with one attached hydrogen (secondary N) is 1. The monoisotopic (exact) mass is 509 g/mol. The largest absolute Gasteiger partial charge is 0.395 e. The number of hydrogen-bond donors (Lipinski definition) is 2. The molecule has 0 saturated heterocycles. The van der Waals surface area contributed by atoms with Crippen molar-refractivity contribution >= 4 is 0 Å². The van der Waals surface area contributed by atoms with E-state index in [4.69, 9.17) is 0 Å². The van der Waals surface area contributed by atoms with Gasteiger partial charge < -0.3 is 19.6 Å². The molecule has 37 heavy (non-hydrogen) atoms. The number of nitrogens with zero attached hydrogens (tertiary/aromatic N) is 6. The number of H-pyrrole nitrogens is 1. The molecule has 0 spiro atoms. The summed E-state index contributed by atoms with van der Waals surface area (Å²) in [6, 6.07) is 8.92. The minimum absolute atomic E-state index is 0.199. The lowest BCUT2D eigenvalue weighted by Gasteiger charge is -2.24. The molecule has 2 N–H and O–H groups in total. The van der Waals surface area contributed by atoms with E-state index < -0.39 is 0 Å². The van der Waals surface area contributed by atoms with Crippen LogP contribution in [0.4, 0.5) is 0 Å². The van der Waals surface area contributed by atoms with E-state index in [1.807, 2.05) is 25.6 Å². The molecule has 2 aromatic heterocycles. The normalized spacial score (nSPS) is 11.9. The average molecular weight is 510 g/mol. The van der Waals surface area contributed by atoms with Gasteiger partial charge in [0.15, 0.2) is 0 Å². The lowest BCUT2D eigenvalue weighted by molar-refractivity contribution is 0.183. The molecule has 0 aliphatic carbocycles. The van der Waals surface area contributed by atoms with E-state index in [0.29, 0.717) is 0 Å². The first-order chi connectivity index (χ1) is 18.1. The molecular formula is C29H47N7O. The highest BCUT2D eigenvalue weighted by Gasteiger charge is 2.13. The van der Waals surface area contributed by atoms with Gasteiger partial charge in [0.05, 0.1) is 19.7 Å². The van der Waals surface area contributed by atoms with Gasteiger partial charge in [-0.25, -0.2) is 9.97 Å². The predicted octanol–water partition coefficient (Wildman–Crippen LogP) is 4.04. The Morgan fingerprint density at radius 1 is 0.757 bits per heavy atom. The number of aliphatic hydroxyl groups is 1. The summed E-state index contributed by atoms with van der Waals surface area (Å²) >= 11 is 0. The SMILES string of the molecule is CCCN(CCC)CCCCN(CCO)Cc1ccc(CN(Cc2ncc[nH]2)Cc2nccn2C)cc1. The smallest absolute Gasteiger partial charge is 0.122 e. The van der Waals surface area contributed by atoms with Crippen LogP contribution in [-0.4, -0.2) is 78.7 Å². The van der Waals surface area contributed by atoms with E-state index in [9.17, 15) is 5.11 Å². The number of imidazole rings is 2. The van der Waals surface area contributed by atoms with E-state index in [1.54, 1.807) is 6.20 Å². The Morgan fingerprint density at radius 3 is 1.95 bits per heavy atom. The maximum absolute atomic E-state index is 9.60. The zero-order chi connectivity index (χ0) is 26.3. The maximum atomic E-state index is 9.60. The van der Waals surface area contributed by atoms with Gasteiger partial charge in [-0.2, -0.15) is 0 Å². The summed E-state index contributed by atoms with van der Waals surface area (Å²) in [5.41, 5.74) is 2.56. The highest BCUT2D eigenvalue weighted by molar-refractivity contribution is 5.22. The van der Waals surface area contributed by atoms with Gasteiger partial charge in [-0.05, 0) is 63.0 Å². The van der Waals surface area contributed by atoms with Crippen LogP contribution in [-0.2, 0) is 33.2 Å². The molecule has 8 heteroatoms. The highest BCUT2D eigenvalue weighted by Crippen LogP contribution is 2.14. The second kappa shape index (κ2) is 16.3. The number of aliphatic hydroxyl groups excluding tert-OH is 1. The van der Waals surface area contributed by atoms with Crippen molar-refractivity contribution in [3.8, 4) is 0 Å². The quantitative estimate of drug-likeness (QED) is 0.238. The van der Waals surface area contributed by atoms with Crippen LogP contribution in [0, 0.1) is 0 Å². The number of unbranched alkanes of at least 4 members (excludes halogenated alkanes) is 1. The van der Waals surface area contributed by atoms with Crippen molar-refractivity contribution in [3.63, 3.8) is 0 Å². The summed E-state index contributed by atoms with van der Waals surface area (Å²) in [4.78, 5) is 19.5. The minimum Gasteiger partial charge on any atom is -0.395 e. The van der Waals surface area contributed by atoms with Gasteiger partial charge in [0.25, 0.3) is 0 Å². The first-order valence-electron chi connectivity index (χ1n) is 13.9. The Hall–Kier alpha value is -2.52. The van der Waals surface area contributed by atoms with Crippen molar-refractivity contribution < 1.29 is 5.11 Å². The lowest BCUT2D eigenvalue weighted by Crippen LogP contribution is -2.30.